The summed E-state index contributed by atoms with van der Waals surface area (Å²) in [6.45, 7) is 2.00. The molecule has 7 rings (SSSR count). The number of likely N-dealkylation sites (tertiary alicyclic amines) is 1. The number of benzene rings is 4. The first kappa shape index (κ1) is 30.4. The third-order valence-electron chi connectivity index (χ3n) is 7.83. The van der Waals surface area contributed by atoms with Gasteiger partial charge in [-0.15, -0.1) is 0 Å². The molecule has 0 saturated carbocycles. The van der Waals surface area contributed by atoms with Crippen LogP contribution in [0.5, 0.6) is 11.5 Å². The average molecular weight is 644 g/mol. The first-order valence-corrected chi connectivity index (χ1v) is 17.4. The monoisotopic (exact) mass is 643 g/mol. The fourth-order valence-electron chi connectivity index (χ4n) is 5.41. The molecule has 11 heteroatoms. The molecule has 1 fully saturated rings. The highest BCUT2D eigenvalue weighted by Gasteiger charge is 2.22. The summed E-state index contributed by atoms with van der Waals surface area (Å²) in [6.07, 6.45) is 5.16. The summed E-state index contributed by atoms with van der Waals surface area (Å²) in [7, 11) is -5.25. The second-order valence-electron chi connectivity index (χ2n) is 10.9. The van der Waals surface area contributed by atoms with Crippen LogP contribution in [0.3, 0.4) is 0 Å². The van der Waals surface area contributed by atoms with Crippen LogP contribution < -0.4 is 4.74 Å². The summed E-state index contributed by atoms with van der Waals surface area (Å²) in [5, 5.41) is 11.2. The minimum Gasteiger partial charge on any atom is -0.508 e. The molecule has 45 heavy (non-hydrogen) atoms. The smallest absolute Gasteiger partial charge is 0.268 e. The highest BCUT2D eigenvalue weighted by Crippen LogP contribution is 2.27. The van der Waals surface area contributed by atoms with E-state index < -0.39 is 20.0 Å². The molecule has 6 aromatic rings. The number of fused-ring (bicyclic) bond motifs is 2. The number of para-hydroxylation sites is 2. The molecule has 0 atom stereocenters. The molecule has 3 heterocycles. The van der Waals surface area contributed by atoms with Crippen molar-refractivity contribution in [3.05, 3.63) is 122 Å². The van der Waals surface area contributed by atoms with Gasteiger partial charge in [-0.05, 0) is 68.4 Å². The van der Waals surface area contributed by atoms with Crippen molar-refractivity contribution < 1.29 is 26.7 Å². The Balaban J connectivity index is 0.000000167. The number of phenols is 1. The maximum absolute atomic E-state index is 13.1. The number of hydrogen-bond donors (Lipinski definition) is 1. The molecule has 1 N–H and O–H groups in total. The van der Waals surface area contributed by atoms with Gasteiger partial charge in [-0.1, -0.05) is 48.5 Å². The van der Waals surface area contributed by atoms with Crippen molar-refractivity contribution >= 4 is 41.9 Å². The predicted octanol–water partition coefficient (Wildman–Crippen LogP) is 5.94. The first-order chi connectivity index (χ1) is 21.6. The Bertz CT molecular complexity index is 2180. The molecule has 0 spiro atoms. The molecule has 1 aliphatic heterocycles. The molecule has 9 nitrogen and oxygen atoms in total. The van der Waals surface area contributed by atoms with Crippen molar-refractivity contribution in [3.8, 4) is 11.5 Å². The summed E-state index contributed by atoms with van der Waals surface area (Å²) in [5.74, 6) is 0.537. The highest BCUT2D eigenvalue weighted by atomic mass is 32.2. The van der Waals surface area contributed by atoms with Crippen molar-refractivity contribution in [3.63, 3.8) is 0 Å². The number of ether oxygens (including phenoxy) is 1. The Hall–Kier alpha value is -4.58. The number of piperidine rings is 1. The highest BCUT2D eigenvalue weighted by molar-refractivity contribution is 7.90. The third-order valence-corrected chi connectivity index (χ3v) is 11.2. The van der Waals surface area contributed by atoms with E-state index in [2.05, 4.69) is 11.9 Å². The van der Waals surface area contributed by atoms with Gasteiger partial charge >= 0.3 is 0 Å². The van der Waals surface area contributed by atoms with Crippen LogP contribution >= 0.6 is 0 Å². The van der Waals surface area contributed by atoms with Crippen LogP contribution in [0.15, 0.2) is 131 Å². The molecule has 1 saturated heterocycles. The van der Waals surface area contributed by atoms with Crippen LogP contribution in [0.4, 0.5) is 0 Å². The Labute approximate surface area is 262 Å². The normalized spacial score (nSPS) is 14.7. The van der Waals surface area contributed by atoms with E-state index in [4.69, 9.17) is 4.74 Å². The van der Waals surface area contributed by atoms with E-state index in [0.717, 1.165) is 36.7 Å². The van der Waals surface area contributed by atoms with Gasteiger partial charge in [0.25, 0.3) is 20.0 Å². The molecular weight excluding hydrogens is 611 g/mol. The van der Waals surface area contributed by atoms with Crippen molar-refractivity contribution in [2.24, 2.45) is 0 Å². The van der Waals surface area contributed by atoms with Crippen LogP contribution in [0.1, 0.15) is 12.8 Å². The second kappa shape index (κ2) is 12.4. The second-order valence-corrected chi connectivity index (χ2v) is 14.6. The molecule has 0 radical (unpaired) electrons. The minimum absolute atomic E-state index is 0.0638. The van der Waals surface area contributed by atoms with Crippen LogP contribution in [0.25, 0.3) is 21.8 Å². The summed E-state index contributed by atoms with van der Waals surface area (Å²) in [4.78, 5) is 2.58. The Morgan fingerprint density at radius 3 is 1.71 bits per heavy atom. The zero-order valence-electron chi connectivity index (χ0n) is 24.6. The lowest BCUT2D eigenvalue weighted by atomic mass is 10.1. The van der Waals surface area contributed by atoms with E-state index in [9.17, 15) is 21.9 Å². The number of aromatic hydroxyl groups is 1. The topological polar surface area (TPSA) is 111 Å². The van der Waals surface area contributed by atoms with Gasteiger partial charge in [-0.25, -0.2) is 24.8 Å². The van der Waals surface area contributed by atoms with Gasteiger partial charge in [0.05, 0.1) is 20.8 Å². The van der Waals surface area contributed by atoms with E-state index in [-0.39, 0.29) is 21.6 Å². The lowest BCUT2D eigenvalue weighted by Crippen LogP contribution is -2.35. The predicted molar refractivity (Wildman–Crippen MR) is 175 cm³/mol. The summed E-state index contributed by atoms with van der Waals surface area (Å²) in [6, 6.07) is 30.7. The molecule has 0 bridgehead atoms. The molecule has 0 amide bonds. The van der Waals surface area contributed by atoms with E-state index in [1.165, 1.54) is 38.4 Å². The number of nitrogens with zero attached hydrogens (tertiary/aromatic N) is 3. The molecule has 4 aromatic carbocycles. The standard InChI is InChI=1S/C20H22N2O3S.C14H11NO3S/c1-21-12-10-17(11-13-21)25-18-6-4-7-19(15-18)26(23,24)22-14-9-16-5-2-3-8-20(16)22;16-12-5-3-6-13(10-12)19(17,18)15-9-8-11-4-1-2-7-14(11)15/h2-9,14-15,17H,10-13H2,1H3;1-10,16H. The van der Waals surface area contributed by atoms with Crippen molar-refractivity contribution in [2.45, 2.75) is 28.7 Å². The van der Waals surface area contributed by atoms with E-state index in [1.807, 2.05) is 48.5 Å². The van der Waals surface area contributed by atoms with Gasteiger partial charge in [0.2, 0.25) is 0 Å². The number of phenolic OH excluding ortho intramolecular Hbond substituents is 1. The maximum Gasteiger partial charge on any atom is 0.268 e. The fraction of sp³-hybridized carbons (Fsp3) is 0.176. The van der Waals surface area contributed by atoms with Crippen molar-refractivity contribution in [1.29, 1.82) is 0 Å². The quantitative estimate of drug-likeness (QED) is 0.239. The van der Waals surface area contributed by atoms with Crippen molar-refractivity contribution in [2.75, 3.05) is 20.1 Å². The Morgan fingerprint density at radius 1 is 0.644 bits per heavy atom. The lowest BCUT2D eigenvalue weighted by molar-refractivity contribution is 0.114. The van der Waals surface area contributed by atoms with Crippen LogP contribution in [-0.2, 0) is 20.0 Å². The number of rotatable bonds is 6. The Kier molecular flexibility index (Phi) is 8.41. The minimum atomic E-state index is -3.69. The molecule has 0 unspecified atom stereocenters. The van der Waals surface area contributed by atoms with Gasteiger partial charge < -0.3 is 14.7 Å². The van der Waals surface area contributed by atoms with E-state index in [1.54, 1.807) is 42.6 Å². The van der Waals surface area contributed by atoms with Crippen molar-refractivity contribution in [1.82, 2.24) is 12.8 Å². The summed E-state index contributed by atoms with van der Waals surface area (Å²) < 4.78 is 59.8. The number of aromatic nitrogens is 2. The Morgan fingerprint density at radius 2 is 1.16 bits per heavy atom. The largest absolute Gasteiger partial charge is 0.508 e. The summed E-state index contributed by atoms with van der Waals surface area (Å²) in [5.41, 5.74) is 1.29. The van der Waals surface area contributed by atoms with Gasteiger partial charge in [-0.3, -0.25) is 0 Å². The van der Waals surface area contributed by atoms with E-state index in [0.29, 0.717) is 16.8 Å². The molecule has 0 aliphatic carbocycles. The van der Waals surface area contributed by atoms with Gasteiger partial charge in [-0.2, -0.15) is 0 Å². The molecule has 232 valence electrons. The first-order valence-electron chi connectivity index (χ1n) is 14.5. The average Bonchev–Trinajstić information content (AvgIpc) is 3.69. The van der Waals surface area contributed by atoms with Gasteiger partial charge in [0.15, 0.2) is 0 Å². The zero-order chi connectivity index (χ0) is 31.6. The molecular formula is C34H33N3O6S2. The number of hydrogen-bond acceptors (Lipinski definition) is 7. The van der Waals surface area contributed by atoms with E-state index >= 15 is 0 Å². The summed E-state index contributed by atoms with van der Waals surface area (Å²) >= 11 is 0. The molecule has 1 aliphatic rings. The zero-order valence-corrected chi connectivity index (χ0v) is 26.2. The maximum atomic E-state index is 13.1. The van der Waals surface area contributed by atoms with Crippen LogP contribution in [0, 0.1) is 0 Å². The third kappa shape index (κ3) is 6.32. The SMILES string of the molecule is CN1CCC(Oc2cccc(S(=O)(=O)n3ccc4ccccc43)c2)CC1.O=S(=O)(c1cccc(O)c1)n1ccc2ccccc21. The van der Waals surface area contributed by atoms with Crippen LogP contribution in [0.2, 0.25) is 0 Å². The fourth-order valence-corrected chi connectivity index (χ4v) is 8.19. The molecule has 2 aromatic heterocycles. The van der Waals surface area contributed by atoms with Gasteiger partial charge in [0, 0.05) is 48.4 Å². The van der Waals surface area contributed by atoms with Gasteiger partial charge in [0.1, 0.15) is 17.6 Å². The van der Waals surface area contributed by atoms with Crippen LogP contribution in [-0.4, -0.2) is 61.0 Å². The lowest BCUT2D eigenvalue weighted by Gasteiger charge is -2.29.